The van der Waals surface area contributed by atoms with E-state index in [1.807, 2.05) is 62.5 Å². The van der Waals surface area contributed by atoms with Crippen LogP contribution >= 0.6 is 11.3 Å². The van der Waals surface area contributed by atoms with Crippen LogP contribution in [0, 0.1) is 18.6 Å². The standard InChI is InChI=1S/C36H41F2N3O4S/c1-4-12-41(13-5-2)36(44)27-16-24(3)15-26(20-27)35(43)40-31(19-25-17-28(37)21-29(38)18-25)32(42)22-39-23-34-33(11-14-46-34)45-30-9-7-6-8-10-30/h6-11,14-18,20-21,31-32,39,42H,4-5,12-13,19,22-23H2,1-3H3,(H,40,43)/t31-,32+/m0/s1. The van der Waals surface area contributed by atoms with Gasteiger partial charge in [-0.3, -0.25) is 9.59 Å². The number of aryl methyl sites for hydroxylation is 1. The van der Waals surface area contributed by atoms with Crippen LogP contribution in [-0.2, 0) is 13.0 Å². The fraction of sp³-hybridized carbons (Fsp3) is 0.333. The van der Waals surface area contributed by atoms with Gasteiger partial charge in [-0.2, -0.15) is 0 Å². The number of aliphatic hydroxyl groups excluding tert-OH is 1. The molecule has 0 bridgehead atoms. The first-order valence-electron chi connectivity index (χ1n) is 15.5. The van der Waals surface area contributed by atoms with Crippen molar-refractivity contribution >= 4 is 23.2 Å². The van der Waals surface area contributed by atoms with Gasteiger partial charge in [0.1, 0.15) is 23.1 Å². The number of nitrogens with one attached hydrogen (secondary N) is 2. The van der Waals surface area contributed by atoms with E-state index in [0.29, 0.717) is 36.7 Å². The molecule has 46 heavy (non-hydrogen) atoms. The Bertz CT molecular complexity index is 1570. The predicted molar refractivity (Wildman–Crippen MR) is 178 cm³/mol. The van der Waals surface area contributed by atoms with Gasteiger partial charge >= 0.3 is 0 Å². The second-order valence-corrected chi connectivity index (χ2v) is 12.3. The number of carbonyl (C=O) groups is 2. The summed E-state index contributed by atoms with van der Waals surface area (Å²) in [6, 6.07) is 18.5. The molecule has 1 aromatic heterocycles. The van der Waals surface area contributed by atoms with E-state index in [4.69, 9.17) is 4.74 Å². The summed E-state index contributed by atoms with van der Waals surface area (Å²) in [6.07, 6.45) is 0.479. The Morgan fingerprint density at radius 3 is 2.28 bits per heavy atom. The summed E-state index contributed by atoms with van der Waals surface area (Å²) >= 11 is 1.50. The van der Waals surface area contributed by atoms with Crippen molar-refractivity contribution in [3.8, 4) is 11.5 Å². The molecule has 2 atom stereocenters. The molecule has 7 nitrogen and oxygen atoms in total. The highest BCUT2D eigenvalue weighted by molar-refractivity contribution is 7.10. The van der Waals surface area contributed by atoms with E-state index in [1.54, 1.807) is 23.1 Å². The Hall–Kier alpha value is -4.12. The van der Waals surface area contributed by atoms with E-state index < -0.39 is 29.7 Å². The van der Waals surface area contributed by atoms with Crippen LogP contribution in [0.2, 0.25) is 0 Å². The Morgan fingerprint density at radius 1 is 0.935 bits per heavy atom. The number of carbonyl (C=O) groups excluding carboxylic acids is 2. The van der Waals surface area contributed by atoms with Gasteiger partial charge in [-0.05, 0) is 91.2 Å². The SMILES string of the molecule is CCCN(CCC)C(=O)c1cc(C)cc(C(=O)N[C@@H](Cc2cc(F)cc(F)c2)[C@H](O)CNCc2sccc2Oc2ccccc2)c1. The van der Waals surface area contributed by atoms with E-state index in [-0.39, 0.29) is 30.0 Å². The molecule has 0 radical (unpaired) electrons. The summed E-state index contributed by atoms with van der Waals surface area (Å²) in [4.78, 5) is 29.6. The molecule has 0 saturated carbocycles. The summed E-state index contributed by atoms with van der Waals surface area (Å²) in [6.45, 7) is 7.51. The van der Waals surface area contributed by atoms with Gasteiger partial charge in [0.2, 0.25) is 0 Å². The van der Waals surface area contributed by atoms with Crippen LogP contribution in [-0.4, -0.2) is 53.6 Å². The predicted octanol–water partition coefficient (Wildman–Crippen LogP) is 6.88. The second-order valence-electron chi connectivity index (χ2n) is 11.3. The summed E-state index contributed by atoms with van der Waals surface area (Å²) in [5.41, 5.74) is 1.68. The maximum Gasteiger partial charge on any atom is 0.253 e. The van der Waals surface area contributed by atoms with Crippen LogP contribution < -0.4 is 15.4 Å². The summed E-state index contributed by atoms with van der Waals surface area (Å²) in [5, 5.41) is 19.3. The maximum atomic E-state index is 14.1. The van der Waals surface area contributed by atoms with Crippen LogP contribution in [0.3, 0.4) is 0 Å². The van der Waals surface area contributed by atoms with Crippen molar-refractivity contribution in [2.45, 2.75) is 58.7 Å². The lowest BCUT2D eigenvalue weighted by Gasteiger charge is -2.25. The van der Waals surface area contributed by atoms with Gasteiger partial charge in [-0.25, -0.2) is 8.78 Å². The van der Waals surface area contributed by atoms with Gasteiger partial charge in [0, 0.05) is 43.4 Å². The molecule has 1 heterocycles. The van der Waals surface area contributed by atoms with Crippen molar-refractivity contribution in [1.29, 1.82) is 0 Å². The fourth-order valence-corrected chi connectivity index (χ4v) is 6.00. The van der Waals surface area contributed by atoms with Gasteiger partial charge in [0.25, 0.3) is 11.8 Å². The van der Waals surface area contributed by atoms with E-state index in [9.17, 15) is 23.5 Å². The van der Waals surface area contributed by atoms with E-state index in [1.165, 1.54) is 23.5 Å². The Labute approximate surface area is 273 Å². The molecular formula is C36H41F2N3O4S. The molecular weight excluding hydrogens is 608 g/mol. The number of hydrogen-bond donors (Lipinski definition) is 3. The first-order valence-corrected chi connectivity index (χ1v) is 16.4. The highest BCUT2D eigenvalue weighted by Gasteiger charge is 2.25. The number of halogens is 2. The van der Waals surface area contributed by atoms with Crippen LogP contribution in [0.4, 0.5) is 8.78 Å². The molecule has 0 saturated heterocycles. The average Bonchev–Trinajstić information content (AvgIpc) is 3.46. The molecule has 0 unspecified atom stereocenters. The van der Waals surface area contributed by atoms with Crippen molar-refractivity contribution in [1.82, 2.24) is 15.5 Å². The lowest BCUT2D eigenvalue weighted by atomic mass is 9.99. The van der Waals surface area contributed by atoms with Gasteiger partial charge < -0.3 is 25.4 Å². The van der Waals surface area contributed by atoms with Crippen LogP contribution in [0.15, 0.2) is 78.2 Å². The molecule has 3 aromatic carbocycles. The molecule has 244 valence electrons. The van der Waals surface area contributed by atoms with Crippen LogP contribution in [0.1, 0.15) is 63.4 Å². The monoisotopic (exact) mass is 649 g/mol. The minimum atomic E-state index is -1.12. The molecule has 2 amide bonds. The number of ether oxygens (including phenoxy) is 1. The van der Waals surface area contributed by atoms with Crippen molar-refractivity contribution in [2.75, 3.05) is 19.6 Å². The molecule has 3 N–H and O–H groups in total. The molecule has 0 aliphatic carbocycles. The molecule has 0 spiro atoms. The molecule has 0 fully saturated rings. The van der Waals surface area contributed by atoms with E-state index in [2.05, 4.69) is 10.6 Å². The quantitative estimate of drug-likeness (QED) is 0.123. The van der Waals surface area contributed by atoms with E-state index >= 15 is 0 Å². The lowest BCUT2D eigenvalue weighted by molar-refractivity contribution is 0.0755. The number of benzene rings is 3. The normalized spacial score (nSPS) is 12.4. The Morgan fingerprint density at radius 2 is 1.61 bits per heavy atom. The molecule has 10 heteroatoms. The van der Waals surface area contributed by atoms with Gasteiger partial charge in [-0.15, -0.1) is 11.3 Å². The summed E-state index contributed by atoms with van der Waals surface area (Å²) in [5.74, 6) is -0.755. The average molecular weight is 650 g/mol. The number of aliphatic hydroxyl groups is 1. The molecule has 4 rings (SSSR count). The highest BCUT2D eigenvalue weighted by Crippen LogP contribution is 2.29. The molecule has 0 aliphatic heterocycles. The van der Waals surface area contributed by atoms with Crippen LogP contribution in [0.5, 0.6) is 11.5 Å². The van der Waals surface area contributed by atoms with Crippen molar-refractivity contribution in [2.24, 2.45) is 0 Å². The van der Waals surface area contributed by atoms with Crippen LogP contribution in [0.25, 0.3) is 0 Å². The number of nitrogens with zero attached hydrogens (tertiary/aromatic N) is 1. The topological polar surface area (TPSA) is 90.9 Å². The van der Waals surface area contributed by atoms with Gasteiger partial charge in [0.05, 0.1) is 17.0 Å². The Balaban J connectivity index is 1.49. The summed E-state index contributed by atoms with van der Waals surface area (Å²) in [7, 11) is 0. The summed E-state index contributed by atoms with van der Waals surface area (Å²) < 4.78 is 34.1. The highest BCUT2D eigenvalue weighted by atomic mass is 32.1. The van der Waals surface area contributed by atoms with Gasteiger partial charge in [-0.1, -0.05) is 32.0 Å². The minimum absolute atomic E-state index is 0.0248. The van der Waals surface area contributed by atoms with Crippen molar-refractivity contribution in [3.05, 3.63) is 117 Å². The second kappa shape index (κ2) is 17.0. The van der Waals surface area contributed by atoms with Crippen molar-refractivity contribution < 1.29 is 28.2 Å². The van der Waals surface area contributed by atoms with Gasteiger partial charge in [0.15, 0.2) is 0 Å². The molecule has 0 aliphatic rings. The third kappa shape index (κ3) is 9.94. The zero-order chi connectivity index (χ0) is 33.1. The minimum Gasteiger partial charge on any atom is -0.456 e. The number of thiophene rings is 1. The number of amides is 2. The zero-order valence-corrected chi connectivity index (χ0v) is 27.2. The molecule has 4 aromatic rings. The lowest BCUT2D eigenvalue weighted by Crippen LogP contribution is -2.48. The fourth-order valence-electron chi connectivity index (χ4n) is 5.23. The van der Waals surface area contributed by atoms with Crippen molar-refractivity contribution in [3.63, 3.8) is 0 Å². The number of para-hydroxylation sites is 1. The largest absolute Gasteiger partial charge is 0.456 e. The third-order valence-corrected chi connectivity index (χ3v) is 8.24. The van der Waals surface area contributed by atoms with E-state index in [0.717, 1.165) is 29.3 Å². The maximum absolute atomic E-state index is 14.1. The third-order valence-electron chi connectivity index (χ3n) is 7.33. The smallest absolute Gasteiger partial charge is 0.253 e. The first kappa shape index (κ1) is 34.7. The first-order chi connectivity index (χ1) is 22.2. The number of rotatable bonds is 16. The Kier molecular flexibility index (Phi) is 12.8. The zero-order valence-electron chi connectivity index (χ0n) is 26.4. The number of hydrogen-bond acceptors (Lipinski definition) is 6.